The Balaban J connectivity index is 1.77. The number of hydrogen-bond donors (Lipinski definition) is 0. The Bertz CT molecular complexity index is 1070. The van der Waals surface area contributed by atoms with Gasteiger partial charge >= 0.3 is 0 Å². The smallest absolute Gasteiger partial charge is 0.124 e. The van der Waals surface area contributed by atoms with E-state index >= 15 is 0 Å². The van der Waals surface area contributed by atoms with Crippen molar-refractivity contribution in [1.82, 2.24) is 9.55 Å². The molecule has 0 saturated carbocycles. The van der Waals surface area contributed by atoms with Gasteiger partial charge in [0.1, 0.15) is 10.8 Å². The molecule has 2 heterocycles. The highest BCUT2D eigenvalue weighted by Gasteiger charge is 2.13. The average molecular weight is 347 g/mol. The van der Waals surface area contributed by atoms with Crippen molar-refractivity contribution in [2.24, 2.45) is 0 Å². The first-order chi connectivity index (χ1) is 12.3. The number of aryl methyl sites for hydroxylation is 1. The zero-order valence-electron chi connectivity index (χ0n) is 13.3. The van der Waals surface area contributed by atoms with Gasteiger partial charge in [0.25, 0.3) is 0 Å². The SMILES string of the molecule is N#CCCn1cc(-c2csc(-c3ccc(F)cc3)n2)c2ccccc21. The minimum absolute atomic E-state index is 0.249. The first kappa shape index (κ1) is 15.6. The Hall–Kier alpha value is -2.97. The molecule has 0 aliphatic rings. The number of nitrogens with zero attached hydrogens (tertiary/aromatic N) is 3. The minimum Gasteiger partial charge on any atom is -0.346 e. The summed E-state index contributed by atoms with van der Waals surface area (Å²) < 4.78 is 15.2. The summed E-state index contributed by atoms with van der Waals surface area (Å²) in [4.78, 5) is 4.74. The summed E-state index contributed by atoms with van der Waals surface area (Å²) in [6.45, 7) is 0.659. The molecule has 0 unspecified atom stereocenters. The lowest BCUT2D eigenvalue weighted by Crippen LogP contribution is -1.94. The number of hydrogen-bond acceptors (Lipinski definition) is 3. The van der Waals surface area contributed by atoms with Crippen molar-refractivity contribution in [2.45, 2.75) is 13.0 Å². The van der Waals surface area contributed by atoms with Crippen LogP contribution in [0.25, 0.3) is 32.7 Å². The molecule has 0 atom stereocenters. The van der Waals surface area contributed by atoms with Crippen molar-refractivity contribution < 1.29 is 4.39 Å². The molecule has 2 aromatic heterocycles. The van der Waals surface area contributed by atoms with Crippen LogP contribution in [0.2, 0.25) is 0 Å². The molecule has 0 spiro atoms. The third kappa shape index (κ3) is 2.92. The van der Waals surface area contributed by atoms with E-state index in [1.807, 2.05) is 17.5 Å². The van der Waals surface area contributed by atoms with E-state index in [4.69, 9.17) is 10.2 Å². The molecule has 0 amide bonds. The average Bonchev–Trinajstić information content (AvgIpc) is 3.25. The number of benzene rings is 2. The maximum absolute atomic E-state index is 13.1. The van der Waals surface area contributed by atoms with E-state index in [9.17, 15) is 4.39 Å². The van der Waals surface area contributed by atoms with E-state index < -0.39 is 0 Å². The maximum atomic E-state index is 13.1. The van der Waals surface area contributed by atoms with Crippen LogP contribution in [0.15, 0.2) is 60.1 Å². The van der Waals surface area contributed by atoms with Gasteiger partial charge in [-0.25, -0.2) is 9.37 Å². The second-order valence-corrected chi connectivity index (χ2v) is 6.56. The zero-order valence-corrected chi connectivity index (χ0v) is 14.1. The zero-order chi connectivity index (χ0) is 17.2. The Morgan fingerprint density at radius 2 is 1.92 bits per heavy atom. The lowest BCUT2D eigenvalue weighted by molar-refractivity contribution is 0.628. The van der Waals surface area contributed by atoms with Crippen LogP contribution in [0.3, 0.4) is 0 Å². The Morgan fingerprint density at radius 1 is 1.12 bits per heavy atom. The summed E-state index contributed by atoms with van der Waals surface area (Å²) in [5, 5.41) is 12.9. The molecule has 3 nitrogen and oxygen atoms in total. The van der Waals surface area contributed by atoms with E-state index in [0.29, 0.717) is 13.0 Å². The van der Waals surface area contributed by atoms with Crippen molar-refractivity contribution >= 4 is 22.2 Å². The molecule has 5 heteroatoms. The van der Waals surface area contributed by atoms with Gasteiger partial charge in [-0.3, -0.25) is 0 Å². The van der Waals surface area contributed by atoms with Crippen LogP contribution in [0, 0.1) is 17.1 Å². The van der Waals surface area contributed by atoms with Gasteiger partial charge in [0, 0.05) is 40.2 Å². The summed E-state index contributed by atoms with van der Waals surface area (Å²) in [5.41, 5.74) is 3.96. The standard InChI is InChI=1S/C20H14FN3S/c21-15-8-6-14(7-9-15)20-23-18(13-25-20)17-12-24(11-3-10-22)19-5-2-1-4-16(17)19/h1-2,4-9,12-13H,3,11H2. The molecule has 25 heavy (non-hydrogen) atoms. The van der Waals surface area contributed by atoms with Crippen molar-refractivity contribution in [3.05, 3.63) is 65.9 Å². The second-order valence-electron chi connectivity index (χ2n) is 5.71. The summed E-state index contributed by atoms with van der Waals surface area (Å²) in [7, 11) is 0. The van der Waals surface area contributed by atoms with Crippen molar-refractivity contribution in [3.63, 3.8) is 0 Å². The van der Waals surface area contributed by atoms with Gasteiger partial charge < -0.3 is 4.57 Å². The van der Waals surface area contributed by atoms with Crippen LogP contribution >= 0.6 is 11.3 Å². The minimum atomic E-state index is -0.249. The van der Waals surface area contributed by atoms with Gasteiger partial charge in [-0.05, 0) is 30.3 Å². The molecule has 0 saturated heterocycles. The van der Waals surface area contributed by atoms with Gasteiger partial charge in [-0.1, -0.05) is 18.2 Å². The molecule has 4 aromatic rings. The predicted molar refractivity (Wildman–Crippen MR) is 98.7 cm³/mol. The Morgan fingerprint density at radius 3 is 2.72 bits per heavy atom. The normalized spacial score (nSPS) is 10.9. The molecular formula is C20H14FN3S. The summed E-state index contributed by atoms with van der Waals surface area (Å²) in [5.74, 6) is -0.249. The molecule has 4 rings (SSSR count). The maximum Gasteiger partial charge on any atom is 0.124 e. The van der Waals surface area contributed by atoms with Crippen LogP contribution in [0.1, 0.15) is 6.42 Å². The van der Waals surface area contributed by atoms with E-state index in [1.165, 1.54) is 12.1 Å². The molecular weight excluding hydrogens is 333 g/mol. The lowest BCUT2D eigenvalue weighted by atomic mass is 10.1. The van der Waals surface area contributed by atoms with Gasteiger partial charge in [0.2, 0.25) is 0 Å². The number of nitriles is 1. The molecule has 0 fully saturated rings. The van der Waals surface area contributed by atoms with E-state index in [0.717, 1.165) is 32.7 Å². The number of thiazole rings is 1. The molecule has 2 aromatic carbocycles. The number of halogens is 1. The molecule has 122 valence electrons. The molecule has 0 aliphatic carbocycles. The highest BCUT2D eigenvalue weighted by molar-refractivity contribution is 7.13. The first-order valence-corrected chi connectivity index (χ1v) is 8.81. The quantitative estimate of drug-likeness (QED) is 0.490. The molecule has 0 N–H and O–H groups in total. The number of aromatic nitrogens is 2. The van der Waals surface area contributed by atoms with E-state index in [1.54, 1.807) is 23.5 Å². The van der Waals surface area contributed by atoms with Crippen LogP contribution in [0.4, 0.5) is 4.39 Å². The van der Waals surface area contributed by atoms with Crippen LogP contribution in [-0.4, -0.2) is 9.55 Å². The molecule has 0 bridgehead atoms. The van der Waals surface area contributed by atoms with Crippen molar-refractivity contribution in [3.8, 4) is 27.9 Å². The van der Waals surface area contributed by atoms with Crippen molar-refractivity contribution in [2.75, 3.05) is 0 Å². The monoisotopic (exact) mass is 347 g/mol. The van der Waals surface area contributed by atoms with Crippen LogP contribution in [0.5, 0.6) is 0 Å². The number of fused-ring (bicyclic) bond motifs is 1. The second kappa shape index (κ2) is 6.50. The number of rotatable bonds is 4. The van der Waals surface area contributed by atoms with Gasteiger partial charge in [0.05, 0.1) is 18.2 Å². The summed E-state index contributed by atoms with van der Waals surface area (Å²) >= 11 is 1.54. The fourth-order valence-corrected chi connectivity index (χ4v) is 3.75. The number of para-hydroxylation sites is 1. The highest BCUT2D eigenvalue weighted by atomic mass is 32.1. The third-order valence-electron chi connectivity index (χ3n) is 4.12. The van der Waals surface area contributed by atoms with Crippen LogP contribution < -0.4 is 0 Å². The van der Waals surface area contributed by atoms with E-state index in [2.05, 4.69) is 29.0 Å². The Kier molecular flexibility index (Phi) is 4.04. The predicted octanol–water partition coefficient (Wildman–Crippen LogP) is 5.48. The fourth-order valence-electron chi connectivity index (χ4n) is 2.93. The van der Waals surface area contributed by atoms with Gasteiger partial charge in [-0.15, -0.1) is 11.3 Å². The summed E-state index contributed by atoms with van der Waals surface area (Å²) in [6.07, 6.45) is 2.53. The molecule has 0 radical (unpaired) electrons. The van der Waals surface area contributed by atoms with Crippen molar-refractivity contribution in [1.29, 1.82) is 5.26 Å². The largest absolute Gasteiger partial charge is 0.346 e. The third-order valence-corrected chi connectivity index (χ3v) is 5.02. The molecule has 0 aliphatic heterocycles. The Labute approximate surface area is 148 Å². The van der Waals surface area contributed by atoms with Gasteiger partial charge in [0.15, 0.2) is 0 Å². The first-order valence-electron chi connectivity index (χ1n) is 7.93. The van der Waals surface area contributed by atoms with Gasteiger partial charge in [-0.2, -0.15) is 5.26 Å². The van der Waals surface area contributed by atoms with Crippen LogP contribution in [-0.2, 0) is 6.54 Å². The van der Waals surface area contributed by atoms with E-state index in [-0.39, 0.29) is 5.82 Å². The lowest BCUT2D eigenvalue weighted by Gasteiger charge is -2.00. The summed E-state index contributed by atoms with van der Waals surface area (Å²) in [6, 6.07) is 16.7. The highest BCUT2D eigenvalue weighted by Crippen LogP contribution is 2.34. The fraction of sp³-hybridized carbons (Fsp3) is 0.100. The topological polar surface area (TPSA) is 41.6 Å².